The zero-order valence-corrected chi connectivity index (χ0v) is 16.2. The van der Waals surface area contributed by atoms with Crippen molar-refractivity contribution in [1.82, 2.24) is 30.1 Å². The normalized spacial score (nSPS) is 11.1. The molecule has 4 rings (SSSR count). The van der Waals surface area contributed by atoms with Crippen molar-refractivity contribution >= 4 is 46.3 Å². The molecule has 9 nitrogen and oxygen atoms in total. The Hall–Kier alpha value is -2.98. The number of hydrogen-bond donors (Lipinski definition) is 1. The van der Waals surface area contributed by atoms with Gasteiger partial charge in [0.15, 0.2) is 17.0 Å². The SMILES string of the molecule is Cc1cc(NC(=O)CSc2ncnc3c2nnn3Cc2ccc(Cl)cc2)no1. The van der Waals surface area contributed by atoms with E-state index in [4.69, 9.17) is 16.1 Å². The van der Waals surface area contributed by atoms with E-state index in [1.165, 1.54) is 18.1 Å². The molecule has 0 atom stereocenters. The van der Waals surface area contributed by atoms with Crippen molar-refractivity contribution in [3.05, 3.63) is 53.0 Å². The van der Waals surface area contributed by atoms with Gasteiger partial charge in [0.1, 0.15) is 17.1 Å². The predicted molar refractivity (Wildman–Crippen MR) is 104 cm³/mol. The maximum Gasteiger partial charge on any atom is 0.236 e. The van der Waals surface area contributed by atoms with E-state index in [0.29, 0.717) is 39.3 Å². The van der Waals surface area contributed by atoms with E-state index < -0.39 is 0 Å². The molecule has 0 spiro atoms. The lowest BCUT2D eigenvalue weighted by atomic mass is 10.2. The summed E-state index contributed by atoms with van der Waals surface area (Å²) >= 11 is 7.17. The second-order valence-corrected chi connectivity index (χ2v) is 7.28. The molecule has 0 unspecified atom stereocenters. The minimum Gasteiger partial charge on any atom is -0.360 e. The van der Waals surface area contributed by atoms with Gasteiger partial charge in [0.25, 0.3) is 0 Å². The second-order valence-electron chi connectivity index (χ2n) is 5.88. The molecule has 1 aromatic carbocycles. The van der Waals surface area contributed by atoms with Crippen molar-refractivity contribution in [1.29, 1.82) is 0 Å². The van der Waals surface area contributed by atoms with Crippen molar-refractivity contribution < 1.29 is 9.32 Å². The van der Waals surface area contributed by atoms with Gasteiger partial charge in [-0.15, -0.1) is 5.10 Å². The summed E-state index contributed by atoms with van der Waals surface area (Å²) in [5, 5.41) is 16.0. The molecule has 0 bridgehead atoms. The van der Waals surface area contributed by atoms with E-state index in [1.54, 1.807) is 17.7 Å². The van der Waals surface area contributed by atoms with Crippen molar-refractivity contribution in [2.75, 3.05) is 11.1 Å². The summed E-state index contributed by atoms with van der Waals surface area (Å²) in [4.78, 5) is 20.6. The highest BCUT2D eigenvalue weighted by Gasteiger charge is 2.14. The number of fused-ring (bicyclic) bond motifs is 1. The van der Waals surface area contributed by atoms with Gasteiger partial charge in [-0.05, 0) is 24.6 Å². The number of anilines is 1. The Labute approximate surface area is 168 Å². The fourth-order valence-corrected chi connectivity index (χ4v) is 3.34. The largest absolute Gasteiger partial charge is 0.360 e. The Bertz CT molecular complexity index is 1130. The number of nitrogens with zero attached hydrogens (tertiary/aromatic N) is 6. The lowest BCUT2D eigenvalue weighted by molar-refractivity contribution is -0.113. The molecule has 28 heavy (non-hydrogen) atoms. The number of hydrogen-bond acceptors (Lipinski definition) is 8. The van der Waals surface area contributed by atoms with Crippen LogP contribution in [0.5, 0.6) is 0 Å². The first-order chi connectivity index (χ1) is 13.6. The van der Waals surface area contributed by atoms with E-state index in [1.807, 2.05) is 24.3 Å². The highest BCUT2D eigenvalue weighted by atomic mass is 35.5. The minimum atomic E-state index is -0.224. The fourth-order valence-electron chi connectivity index (χ4n) is 2.48. The third-order valence-electron chi connectivity index (χ3n) is 3.75. The Balaban J connectivity index is 1.46. The molecule has 4 aromatic rings. The first kappa shape index (κ1) is 18.4. The van der Waals surface area contributed by atoms with Crippen LogP contribution in [0, 0.1) is 6.92 Å². The van der Waals surface area contributed by atoms with Crippen LogP contribution in [0.4, 0.5) is 5.82 Å². The van der Waals surface area contributed by atoms with Gasteiger partial charge in [0.2, 0.25) is 5.91 Å². The number of rotatable bonds is 6. The number of amides is 1. The van der Waals surface area contributed by atoms with Gasteiger partial charge in [0, 0.05) is 11.1 Å². The van der Waals surface area contributed by atoms with Gasteiger partial charge < -0.3 is 9.84 Å². The number of aromatic nitrogens is 6. The predicted octanol–water partition coefficient (Wildman–Crippen LogP) is 2.95. The average Bonchev–Trinajstić information content (AvgIpc) is 3.28. The van der Waals surface area contributed by atoms with Crippen LogP contribution in [0.3, 0.4) is 0 Å². The fraction of sp³-hybridized carbons (Fsp3) is 0.176. The smallest absolute Gasteiger partial charge is 0.236 e. The van der Waals surface area contributed by atoms with Crippen LogP contribution in [-0.4, -0.2) is 41.8 Å². The van der Waals surface area contributed by atoms with Crippen molar-refractivity contribution in [3.63, 3.8) is 0 Å². The molecule has 3 heterocycles. The summed E-state index contributed by atoms with van der Waals surface area (Å²) in [5.74, 6) is 0.920. The molecule has 0 fully saturated rings. The van der Waals surface area contributed by atoms with Gasteiger partial charge in [-0.3, -0.25) is 4.79 Å². The minimum absolute atomic E-state index is 0.141. The molecule has 0 saturated heterocycles. The summed E-state index contributed by atoms with van der Waals surface area (Å²) in [7, 11) is 0. The van der Waals surface area contributed by atoms with Crippen LogP contribution in [0.25, 0.3) is 11.2 Å². The third-order valence-corrected chi connectivity index (χ3v) is 4.98. The maximum atomic E-state index is 12.1. The molecule has 142 valence electrons. The molecule has 0 saturated carbocycles. The molecular formula is C17H14ClN7O2S. The van der Waals surface area contributed by atoms with E-state index in [9.17, 15) is 4.79 Å². The van der Waals surface area contributed by atoms with Crippen LogP contribution in [-0.2, 0) is 11.3 Å². The van der Waals surface area contributed by atoms with Crippen LogP contribution in [0.1, 0.15) is 11.3 Å². The monoisotopic (exact) mass is 415 g/mol. The quantitative estimate of drug-likeness (QED) is 0.378. The Kier molecular flexibility index (Phi) is 5.22. The first-order valence-electron chi connectivity index (χ1n) is 8.23. The lowest BCUT2D eigenvalue weighted by Gasteiger charge is -2.03. The lowest BCUT2D eigenvalue weighted by Crippen LogP contribution is -2.14. The van der Waals surface area contributed by atoms with Crippen LogP contribution < -0.4 is 5.32 Å². The standard InChI is InChI=1S/C17H14ClN7O2S/c1-10-6-13(23-27-10)21-14(26)8-28-17-15-16(19-9-20-17)25(24-22-15)7-11-2-4-12(18)5-3-11/h2-6,9H,7-8H2,1H3,(H,21,23,26). The zero-order chi connectivity index (χ0) is 19.5. The van der Waals surface area contributed by atoms with Gasteiger partial charge >= 0.3 is 0 Å². The molecule has 0 aliphatic rings. The number of thioether (sulfide) groups is 1. The maximum absolute atomic E-state index is 12.1. The van der Waals surface area contributed by atoms with Gasteiger partial charge in [0.05, 0.1) is 12.3 Å². The molecular weight excluding hydrogens is 402 g/mol. The van der Waals surface area contributed by atoms with Gasteiger partial charge in [-0.25, -0.2) is 14.6 Å². The zero-order valence-electron chi connectivity index (χ0n) is 14.7. The third kappa shape index (κ3) is 4.12. The Morgan fingerprint density at radius 2 is 2.11 bits per heavy atom. The number of carbonyl (C=O) groups is 1. The summed E-state index contributed by atoms with van der Waals surface area (Å²) < 4.78 is 6.61. The molecule has 0 aliphatic heterocycles. The van der Waals surface area contributed by atoms with Gasteiger partial charge in [-0.1, -0.05) is 45.9 Å². The number of carbonyl (C=O) groups excluding carboxylic acids is 1. The summed E-state index contributed by atoms with van der Waals surface area (Å²) in [6, 6.07) is 9.13. The number of halogens is 1. The van der Waals surface area contributed by atoms with Gasteiger partial charge in [-0.2, -0.15) is 0 Å². The molecule has 0 aliphatic carbocycles. The highest BCUT2D eigenvalue weighted by molar-refractivity contribution is 8.00. The summed E-state index contributed by atoms with van der Waals surface area (Å²) in [5.41, 5.74) is 2.16. The summed E-state index contributed by atoms with van der Waals surface area (Å²) in [6.45, 7) is 2.25. The van der Waals surface area contributed by atoms with Crippen LogP contribution in [0.15, 0.2) is 46.2 Å². The van der Waals surface area contributed by atoms with E-state index in [2.05, 4.69) is 30.8 Å². The number of benzene rings is 1. The van der Waals surface area contributed by atoms with E-state index >= 15 is 0 Å². The average molecular weight is 416 g/mol. The van der Waals surface area contributed by atoms with E-state index in [-0.39, 0.29) is 11.7 Å². The molecule has 0 radical (unpaired) electrons. The molecule has 1 N–H and O–H groups in total. The topological polar surface area (TPSA) is 112 Å². The number of aryl methyl sites for hydroxylation is 1. The second kappa shape index (κ2) is 7.95. The van der Waals surface area contributed by atoms with E-state index in [0.717, 1.165) is 5.56 Å². The first-order valence-corrected chi connectivity index (χ1v) is 9.59. The molecule has 1 amide bonds. The van der Waals surface area contributed by atoms with Crippen LogP contribution >= 0.6 is 23.4 Å². The van der Waals surface area contributed by atoms with Crippen LogP contribution in [0.2, 0.25) is 5.02 Å². The number of nitrogens with one attached hydrogen (secondary N) is 1. The van der Waals surface area contributed by atoms with Crippen molar-refractivity contribution in [2.45, 2.75) is 18.5 Å². The summed E-state index contributed by atoms with van der Waals surface area (Å²) in [6.07, 6.45) is 1.44. The highest BCUT2D eigenvalue weighted by Crippen LogP contribution is 2.23. The van der Waals surface area contributed by atoms with Crippen molar-refractivity contribution in [2.24, 2.45) is 0 Å². The molecule has 11 heteroatoms. The molecule has 3 aromatic heterocycles. The van der Waals surface area contributed by atoms with Crippen molar-refractivity contribution in [3.8, 4) is 0 Å². The Morgan fingerprint density at radius 3 is 2.86 bits per heavy atom. The Morgan fingerprint density at radius 1 is 1.29 bits per heavy atom.